The number of rotatable bonds is 5. The van der Waals surface area contributed by atoms with Gasteiger partial charge in [0, 0.05) is 12.8 Å². The average molecular weight is 190 g/mol. The molecule has 0 atom stereocenters. The molecular formula is C12H18N2. The van der Waals surface area contributed by atoms with E-state index in [1.165, 1.54) is 0 Å². The minimum Gasteiger partial charge on any atom is -0.384 e. The summed E-state index contributed by atoms with van der Waals surface area (Å²) in [4.78, 5) is 4.43. The van der Waals surface area contributed by atoms with Crippen LogP contribution < -0.4 is 5.32 Å². The van der Waals surface area contributed by atoms with Crippen LogP contribution in [0.15, 0.2) is 29.3 Å². The van der Waals surface area contributed by atoms with Gasteiger partial charge < -0.3 is 5.32 Å². The monoisotopic (exact) mass is 190 g/mol. The van der Waals surface area contributed by atoms with E-state index < -0.39 is 0 Å². The zero-order valence-corrected chi connectivity index (χ0v) is 8.96. The minimum absolute atomic E-state index is 0.931. The number of hydrogen-bond acceptors (Lipinski definition) is 2. The number of unbranched alkanes of at least 4 members (excludes halogenated alkanes) is 1. The Morgan fingerprint density at radius 2 is 2.07 bits per heavy atom. The van der Waals surface area contributed by atoms with E-state index in [1.54, 1.807) is 0 Å². The third kappa shape index (κ3) is 3.21. The lowest BCUT2D eigenvalue weighted by atomic mass is 10.2. The van der Waals surface area contributed by atoms with Crippen LogP contribution in [-0.4, -0.2) is 12.8 Å². The molecule has 0 fully saturated rings. The Balaban J connectivity index is 2.73. The second-order valence-electron chi connectivity index (χ2n) is 3.15. The highest BCUT2D eigenvalue weighted by Crippen LogP contribution is 2.23. The topological polar surface area (TPSA) is 24.4 Å². The highest BCUT2D eigenvalue weighted by molar-refractivity contribution is 5.72. The number of nitrogens with zero attached hydrogens (tertiary/aromatic N) is 1. The maximum absolute atomic E-state index is 4.43. The first-order valence-electron chi connectivity index (χ1n) is 5.24. The fourth-order valence-electron chi connectivity index (χ4n) is 1.22. The van der Waals surface area contributed by atoms with Crippen molar-refractivity contribution in [1.29, 1.82) is 0 Å². The third-order valence-electron chi connectivity index (χ3n) is 1.92. The van der Waals surface area contributed by atoms with Crippen molar-refractivity contribution in [2.75, 3.05) is 11.9 Å². The van der Waals surface area contributed by atoms with E-state index in [4.69, 9.17) is 0 Å². The standard InChI is InChI=1S/C12H18N2/c1-3-5-10-14-12-9-7-6-8-11(12)13-4-2/h6-10,13H,3-5H2,1-2H3. The molecule has 0 saturated carbocycles. The molecule has 0 aromatic heterocycles. The Labute approximate surface area is 86.1 Å². The number of aliphatic imine (C=N–C) groups is 1. The number of hydrogen-bond donors (Lipinski definition) is 1. The first-order valence-corrected chi connectivity index (χ1v) is 5.24. The van der Waals surface area contributed by atoms with Crippen molar-refractivity contribution in [3.63, 3.8) is 0 Å². The summed E-state index contributed by atoms with van der Waals surface area (Å²) in [7, 11) is 0. The number of nitrogens with one attached hydrogen (secondary N) is 1. The third-order valence-corrected chi connectivity index (χ3v) is 1.92. The first-order chi connectivity index (χ1) is 6.88. The summed E-state index contributed by atoms with van der Waals surface area (Å²) in [5, 5.41) is 3.29. The lowest BCUT2D eigenvalue weighted by molar-refractivity contribution is 1.01. The lowest BCUT2D eigenvalue weighted by Crippen LogP contribution is -1.96. The zero-order chi connectivity index (χ0) is 10.2. The van der Waals surface area contributed by atoms with Crippen LogP contribution in [0.1, 0.15) is 26.7 Å². The predicted molar refractivity (Wildman–Crippen MR) is 63.7 cm³/mol. The summed E-state index contributed by atoms with van der Waals surface area (Å²) in [5.41, 5.74) is 2.14. The van der Waals surface area contributed by atoms with E-state index in [0.29, 0.717) is 0 Å². The molecule has 0 spiro atoms. The molecule has 1 rings (SSSR count). The molecule has 0 aliphatic rings. The van der Waals surface area contributed by atoms with Crippen molar-refractivity contribution >= 4 is 17.6 Å². The maximum atomic E-state index is 4.43. The van der Waals surface area contributed by atoms with E-state index >= 15 is 0 Å². The van der Waals surface area contributed by atoms with Crippen molar-refractivity contribution in [3.05, 3.63) is 24.3 Å². The molecule has 0 aliphatic carbocycles. The van der Waals surface area contributed by atoms with E-state index in [-0.39, 0.29) is 0 Å². The highest BCUT2D eigenvalue weighted by Gasteiger charge is 1.95. The van der Waals surface area contributed by atoms with Crippen molar-refractivity contribution in [3.8, 4) is 0 Å². The summed E-state index contributed by atoms with van der Waals surface area (Å²) in [6.07, 6.45) is 4.17. The van der Waals surface area contributed by atoms with Gasteiger partial charge in [0.15, 0.2) is 0 Å². The van der Waals surface area contributed by atoms with Crippen LogP contribution in [0.4, 0.5) is 11.4 Å². The van der Waals surface area contributed by atoms with Gasteiger partial charge in [0.05, 0.1) is 11.4 Å². The van der Waals surface area contributed by atoms with E-state index in [9.17, 15) is 0 Å². The number of benzene rings is 1. The second-order valence-corrected chi connectivity index (χ2v) is 3.15. The van der Waals surface area contributed by atoms with Crippen LogP contribution in [-0.2, 0) is 0 Å². The van der Waals surface area contributed by atoms with Gasteiger partial charge in [0.1, 0.15) is 0 Å². The molecular weight excluding hydrogens is 172 g/mol. The van der Waals surface area contributed by atoms with Gasteiger partial charge in [-0.1, -0.05) is 25.5 Å². The van der Waals surface area contributed by atoms with E-state index in [2.05, 4.69) is 30.2 Å². The Morgan fingerprint density at radius 3 is 2.79 bits per heavy atom. The Bertz CT molecular complexity index is 292. The molecule has 1 aromatic carbocycles. The fraction of sp³-hybridized carbons (Fsp3) is 0.417. The molecule has 76 valence electrons. The van der Waals surface area contributed by atoms with Gasteiger partial charge in [-0.05, 0) is 25.5 Å². The molecule has 0 amide bonds. The van der Waals surface area contributed by atoms with Crippen molar-refractivity contribution in [2.45, 2.75) is 26.7 Å². The van der Waals surface area contributed by atoms with Gasteiger partial charge in [-0.25, -0.2) is 0 Å². The van der Waals surface area contributed by atoms with Crippen LogP contribution in [0, 0.1) is 0 Å². The molecule has 1 N–H and O–H groups in total. The van der Waals surface area contributed by atoms with Crippen LogP contribution in [0.5, 0.6) is 0 Å². The van der Waals surface area contributed by atoms with Crippen molar-refractivity contribution < 1.29 is 0 Å². The SMILES string of the molecule is CCCC=Nc1ccccc1NCC. The fourth-order valence-corrected chi connectivity index (χ4v) is 1.22. The van der Waals surface area contributed by atoms with Gasteiger partial charge in [0.2, 0.25) is 0 Å². The highest BCUT2D eigenvalue weighted by atomic mass is 14.9. The van der Waals surface area contributed by atoms with Gasteiger partial charge in [-0.2, -0.15) is 0 Å². The summed E-state index contributed by atoms with van der Waals surface area (Å²) in [5.74, 6) is 0. The second kappa shape index (κ2) is 6.19. The predicted octanol–water partition coefficient (Wildman–Crippen LogP) is 3.62. The molecule has 0 unspecified atom stereocenters. The maximum Gasteiger partial charge on any atom is 0.0857 e. The van der Waals surface area contributed by atoms with Crippen molar-refractivity contribution in [2.24, 2.45) is 4.99 Å². The van der Waals surface area contributed by atoms with Gasteiger partial charge in [-0.15, -0.1) is 0 Å². The molecule has 0 saturated heterocycles. The number of anilines is 1. The molecule has 2 nitrogen and oxygen atoms in total. The van der Waals surface area contributed by atoms with E-state index in [0.717, 1.165) is 30.8 Å². The summed E-state index contributed by atoms with van der Waals surface area (Å²) < 4.78 is 0. The molecule has 2 heteroatoms. The molecule has 0 bridgehead atoms. The summed E-state index contributed by atoms with van der Waals surface area (Å²) in [6.45, 7) is 5.18. The lowest BCUT2D eigenvalue weighted by Gasteiger charge is -2.05. The Morgan fingerprint density at radius 1 is 1.29 bits per heavy atom. The minimum atomic E-state index is 0.931. The molecule has 0 aliphatic heterocycles. The van der Waals surface area contributed by atoms with Crippen LogP contribution in [0.2, 0.25) is 0 Å². The molecule has 14 heavy (non-hydrogen) atoms. The van der Waals surface area contributed by atoms with Gasteiger partial charge in [0.25, 0.3) is 0 Å². The van der Waals surface area contributed by atoms with Crippen molar-refractivity contribution in [1.82, 2.24) is 0 Å². The van der Waals surface area contributed by atoms with Crippen LogP contribution in [0.3, 0.4) is 0 Å². The largest absolute Gasteiger partial charge is 0.384 e. The zero-order valence-electron chi connectivity index (χ0n) is 8.96. The Hall–Kier alpha value is -1.31. The van der Waals surface area contributed by atoms with Gasteiger partial charge in [-0.3, -0.25) is 4.99 Å². The first kappa shape index (κ1) is 10.8. The smallest absolute Gasteiger partial charge is 0.0857 e. The van der Waals surface area contributed by atoms with Crippen LogP contribution in [0.25, 0.3) is 0 Å². The average Bonchev–Trinajstić information content (AvgIpc) is 2.21. The molecule has 1 aromatic rings. The molecule has 0 radical (unpaired) electrons. The quantitative estimate of drug-likeness (QED) is 0.704. The Kier molecular flexibility index (Phi) is 4.76. The molecule has 0 heterocycles. The number of para-hydroxylation sites is 2. The summed E-state index contributed by atoms with van der Waals surface area (Å²) in [6, 6.07) is 8.13. The van der Waals surface area contributed by atoms with Gasteiger partial charge >= 0.3 is 0 Å². The normalized spacial score (nSPS) is 10.7. The van der Waals surface area contributed by atoms with E-state index in [1.807, 2.05) is 24.4 Å². The summed E-state index contributed by atoms with van der Waals surface area (Å²) >= 11 is 0. The van der Waals surface area contributed by atoms with Crippen LogP contribution >= 0.6 is 0 Å².